The Morgan fingerprint density at radius 3 is 2.58 bits per heavy atom. The van der Waals surface area contributed by atoms with E-state index in [1.165, 1.54) is 14.2 Å². The number of esters is 1. The zero-order valence-electron chi connectivity index (χ0n) is 14.7. The van der Waals surface area contributed by atoms with Crippen molar-refractivity contribution in [3.8, 4) is 5.75 Å². The molecule has 0 unspecified atom stereocenters. The average Bonchev–Trinajstić information content (AvgIpc) is 2.95. The number of rotatable bonds is 7. The number of primary amides is 1. The maximum absolute atomic E-state index is 12.7. The van der Waals surface area contributed by atoms with E-state index in [2.05, 4.69) is 15.2 Å². The molecule has 0 saturated carbocycles. The first-order valence-corrected chi connectivity index (χ1v) is 7.89. The first-order valence-electron chi connectivity index (χ1n) is 7.89. The van der Waals surface area contributed by atoms with E-state index < -0.39 is 17.8 Å². The number of methoxy groups -OCH3 is 1. The number of carbonyl (C=O) groups is 3. The van der Waals surface area contributed by atoms with Crippen molar-refractivity contribution < 1.29 is 23.9 Å². The van der Waals surface area contributed by atoms with Gasteiger partial charge in [0, 0.05) is 7.05 Å². The van der Waals surface area contributed by atoms with Crippen LogP contribution >= 0.6 is 0 Å². The molecule has 0 radical (unpaired) electrons. The minimum absolute atomic E-state index is 0.109. The third kappa shape index (κ3) is 3.82. The largest absolute Gasteiger partial charge is 0.493 e. The number of para-hydroxylation sites is 1. The van der Waals surface area contributed by atoms with E-state index in [1.807, 2.05) is 6.92 Å². The van der Waals surface area contributed by atoms with Gasteiger partial charge in [-0.2, -0.15) is 5.10 Å². The van der Waals surface area contributed by atoms with Gasteiger partial charge in [0.05, 0.1) is 19.3 Å². The van der Waals surface area contributed by atoms with Gasteiger partial charge in [0.25, 0.3) is 11.8 Å². The van der Waals surface area contributed by atoms with Gasteiger partial charge in [0.15, 0.2) is 5.69 Å². The van der Waals surface area contributed by atoms with E-state index in [9.17, 15) is 14.4 Å². The number of carbonyl (C=O) groups excluding carboxylic acids is 3. The summed E-state index contributed by atoms with van der Waals surface area (Å²) in [6.45, 7) is 2.39. The molecule has 26 heavy (non-hydrogen) atoms. The molecule has 9 nitrogen and oxygen atoms in total. The number of benzene rings is 1. The summed E-state index contributed by atoms with van der Waals surface area (Å²) in [5.74, 6) is -1.84. The first-order chi connectivity index (χ1) is 12.4. The molecule has 0 atom stereocenters. The van der Waals surface area contributed by atoms with E-state index in [0.29, 0.717) is 12.4 Å². The topological polar surface area (TPSA) is 126 Å². The van der Waals surface area contributed by atoms with Crippen molar-refractivity contribution in [2.45, 2.75) is 13.3 Å². The third-order valence-electron chi connectivity index (χ3n) is 3.49. The quantitative estimate of drug-likeness (QED) is 0.718. The molecule has 3 N–H and O–H groups in total. The third-order valence-corrected chi connectivity index (χ3v) is 3.49. The molecule has 1 aromatic carbocycles. The number of nitrogens with one attached hydrogen (secondary N) is 1. The van der Waals surface area contributed by atoms with Gasteiger partial charge in [-0.25, -0.2) is 4.79 Å². The predicted molar refractivity (Wildman–Crippen MR) is 93.2 cm³/mol. The average molecular weight is 360 g/mol. The summed E-state index contributed by atoms with van der Waals surface area (Å²) < 4.78 is 11.3. The number of nitrogens with zero attached hydrogens (tertiary/aromatic N) is 2. The van der Waals surface area contributed by atoms with Crippen LogP contribution in [0.25, 0.3) is 0 Å². The van der Waals surface area contributed by atoms with Crippen LogP contribution in [0.2, 0.25) is 0 Å². The van der Waals surface area contributed by atoms with Crippen LogP contribution in [0.4, 0.5) is 5.69 Å². The molecule has 0 aliphatic heterocycles. The Hall–Kier alpha value is -3.36. The summed E-state index contributed by atoms with van der Waals surface area (Å²) in [4.78, 5) is 36.4. The summed E-state index contributed by atoms with van der Waals surface area (Å²) in [5.41, 5.74) is 5.15. The Labute approximate surface area is 150 Å². The summed E-state index contributed by atoms with van der Waals surface area (Å²) in [6, 6.07) is 6.64. The number of nitrogens with two attached hydrogens (primary N) is 1. The lowest BCUT2D eigenvalue weighted by Crippen LogP contribution is -2.21. The minimum Gasteiger partial charge on any atom is -0.493 e. The first kappa shape index (κ1) is 19.0. The van der Waals surface area contributed by atoms with E-state index >= 15 is 0 Å². The molecule has 2 rings (SSSR count). The van der Waals surface area contributed by atoms with Gasteiger partial charge < -0.3 is 20.5 Å². The van der Waals surface area contributed by atoms with Gasteiger partial charge in [0.1, 0.15) is 17.1 Å². The number of hydrogen-bond acceptors (Lipinski definition) is 6. The number of amides is 2. The Balaban J connectivity index is 2.44. The van der Waals surface area contributed by atoms with E-state index in [0.717, 1.165) is 11.1 Å². The highest BCUT2D eigenvalue weighted by molar-refractivity contribution is 6.13. The van der Waals surface area contributed by atoms with Gasteiger partial charge in [-0.3, -0.25) is 14.3 Å². The monoisotopic (exact) mass is 360 g/mol. The van der Waals surface area contributed by atoms with Gasteiger partial charge in [-0.1, -0.05) is 19.1 Å². The molecule has 9 heteroatoms. The van der Waals surface area contributed by atoms with E-state index in [4.69, 9.17) is 10.5 Å². The molecular weight excluding hydrogens is 340 g/mol. The summed E-state index contributed by atoms with van der Waals surface area (Å²) in [5, 5.41) is 6.44. The standard InChI is InChI=1S/C17H20N4O5/c1-4-9-26-11-8-6-5-7-10(11)16(23)19-12-13(17(24)25-3)20-21(2)14(12)15(18)22/h5-8H,4,9H2,1-3H3,(H2,18,22)(H,19,23). The van der Waals surface area contributed by atoms with Crippen molar-refractivity contribution in [3.05, 3.63) is 41.2 Å². The Kier molecular flexibility index (Phi) is 5.94. The normalized spacial score (nSPS) is 10.3. The number of aromatic nitrogens is 2. The van der Waals surface area contributed by atoms with Gasteiger partial charge in [-0.05, 0) is 18.6 Å². The van der Waals surface area contributed by atoms with Crippen molar-refractivity contribution in [2.75, 3.05) is 19.0 Å². The summed E-state index contributed by atoms with van der Waals surface area (Å²) in [7, 11) is 2.60. The van der Waals surface area contributed by atoms with E-state index in [1.54, 1.807) is 24.3 Å². The Bertz CT molecular complexity index is 844. The molecule has 1 heterocycles. The van der Waals surface area contributed by atoms with Gasteiger partial charge in [-0.15, -0.1) is 0 Å². The molecular formula is C17H20N4O5. The Morgan fingerprint density at radius 2 is 1.96 bits per heavy atom. The lowest BCUT2D eigenvalue weighted by Gasteiger charge is -2.11. The highest BCUT2D eigenvalue weighted by Gasteiger charge is 2.27. The maximum Gasteiger partial charge on any atom is 0.360 e. The van der Waals surface area contributed by atoms with Crippen molar-refractivity contribution >= 4 is 23.5 Å². The fraction of sp³-hybridized carbons (Fsp3) is 0.294. The molecule has 0 saturated heterocycles. The molecule has 0 aliphatic rings. The van der Waals surface area contributed by atoms with Crippen LogP contribution in [0.3, 0.4) is 0 Å². The molecule has 0 bridgehead atoms. The van der Waals surface area contributed by atoms with Crippen LogP contribution in [0.5, 0.6) is 5.75 Å². The molecule has 0 aliphatic carbocycles. The zero-order valence-corrected chi connectivity index (χ0v) is 14.7. The van der Waals surface area contributed by atoms with Crippen LogP contribution in [-0.4, -0.2) is 41.3 Å². The number of anilines is 1. The summed E-state index contributed by atoms with van der Waals surface area (Å²) >= 11 is 0. The highest BCUT2D eigenvalue weighted by Crippen LogP contribution is 2.24. The van der Waals surface area contributed by atoms with Crippen LogP contribution in [0.15, 0.2) is 24.3 Å². The van der Waals surface area contributed by atoms with Crippen molar-refractivity contribution in [3.63, 3.8) is 0 Å². The zero-order chi connectivity index (χ0) is 19.3. The van der Waals surface area contributed by atoms with Crippen molar-refractivity contribution in [1.29, 1.82) is 0 Å². The van der Waals surface area contributed by atoms with Crippen LogP contribution in [0, 0.1) is 0 Å². The number of aryl methyl sites for hydroxylation is 1. The second-order valence-corrected chi connectivity index (χ2v) is 5.35. The lowest BCUT2D eigenvalue weighted by molar-refractivity contribution is 0.0594. The Morgan fingerprint density at radius 1 is 1.27 bits per heavy atom. The molecule has 0 fully saturated rings. The SMILES string of the molecule is CCCOc1ccccc1C(=O)Nc1c(C(=O)OC)nn(C)c1C(N)=O. The second kappa shape index (κ2) is 8.15. The van der Waals surface area contributed by atoms with Gasteiger partial charge >= 0.3 is 5.97 Å². The fourth-order valence-electron chi connectivity index (χ4n) is 2.34. The molecule has 138 valence electrons. The van der Waals surface area contributed by atoms with Gasteiger partial charge in [0.2, 0.25) is 0 Å². The van der Waals surface area contributed by atoms with Crippen LogP contribution < -0.4 is 15.8 Å². The molecule has 2 amide bonds. The molecule has 1 aromatic heterocycles. The number of ether oxygens (including phenoxy) is 2. The minimum atomic E-state index is -0.846. The van der Waals surface area contributed by atoms with E-state index in [-0.39, 0.29) is 22.6 Å². The van der Waals surface area contributed by atoms with Crippen molar-refractivity contribution in [2.24, 2.45) is 12.8 Å². The maximum atomic E-state index is 12.7. The molecule has 0 spiro atoms. The van der Waals surface area contributed by atoms with Crippen LogP contribution in [0.1, 0.15) is 44.7 Å². The van der Waals surface area contributed by atoms with Crippen LogP contribution in [-0.2, 0) is 11.8 Å². The lowest BCUT2D eigenvalue weighted by atomic mass is 10.1. The van der Waals surface area contributed by atoms with Crippen molar-refractivity contribution in [1.82, 2.24) is 9.78 Å². The fourth-order valence-corrected chi connectivity index (χ4v) is 2.34. The number of hydrogen-bond donors (Lipinski definition) is 2. The predicted octanol–water partition coefficient (Wildman–Crippen LogP) is 1.35. The molecule has 2 aromatic rings. The second-order valence-electron chi connectivity index (χ2n) is 5.35. The smallest absolute Gasteiger partial charge is 0.360 e. The summed E-state index contributed by atoms with van der Waals surface area (Å²) in [6.07, 6.45) is 0.775. The highest BCUT2D eigenvalue weighted by atomic mass is 16.5.